The van der Waals surface area contributed by atoms with Gasteiger partial charge in [-0.25, -0.2) is 0 Å². The summed E-state index contributed by atoms with van der Waals surface area (Å²) in [4.78, 5) is 0. The fraction of sp³-hybridized carbons (Fsp3) is 1.00. The van der Waals surface area contributed by atoms with Crippen molar-refractivity contribution in [3.05, 3.63) is 0 Å². The van der Waals surface area contributed by atoms with Gasteiger partial charge in [0.15, 0.2) is 0 Å². The molecule has 0 unspecified atom stereocenters. The lowest BCUT2D eigenvalue weighted by molar-refractivity contribution is 0.0608. The molecule has 0 atom stereocenters. The van der Waals surface area contributed by atoms with Crippen molar-refractivity contribution in [3.63, 3.8) is 0 Å². The van der Waals surface area contributed by atoms with Crippen LogP contribution in [0.2, 0.25) is 0 Å². The minimum Gasteiger partial charge on any atom is -0.385 e. The zero-order chi connectivity index (χ0) is 31.2. The molecular weight excluding hydrogens is 583 g/mol. The molecular formula is C30H63O12P. The van der Waals surface area contributed by atoms with Crippen LogP contribution in [0.3, 0.4) is 0 Å². The Balaban J connectivity index is 3.90. The van der Waals surface area contributed by atoms with Gasteiger partial charge >= 0.3 is 8.60 Å². The van der Waals surface area contributed by atoms with E-state index in [4.69, 9.17) is 56.2 Å². The largest absolute Gasteiger partial charge is 0.385 e. The molecule has 0 aromatic carbocycles. The summed E-state index contributed by atoms with van der Waals surface area (Å²) in [6, 6.07) is 0. The first-order chi connectivity index (χ1) is 21.3. The van der Waals surface area contributed by atoms with Crippen LogP contribution in [0, 0.1) is 0 Å². The number of rotatable bonds is 39. The molecule has 43 heavy (non-hydrogen) atoms. The Morgan fingerprint density at radius 1 is 0.256 bits per heavy atom. The van der Waals surface area contributed by atoms with Crippen molar-refractivity contribution in [2.45, 2.75) is 57.8 Å². The standard InChI is InChI=1S/C30H63O12P/c1-31-13-4-16-34-19-7-22-37-25-10-28-40-43(41-29-11-26-38-23-8-20-35-17-5-14-32-2)42-30-12-27-39-24-9-21-36-18-6-15-33-3/h4-30H2,1-3H3. The minimum atomic E-state index is -1.43. The van der Waals surface area contributed by atoms with Gasteiger partial charge in [-0.15, -0.1) is 0 Å². The number of hydrogen-bond acceptors (Lipinski definition) is 12. The van der Waals surface area contributed by atoms with Crippen LogP contribution in [0.5, 0.6) is 0 Å². The van der Waals surface area contributed by atoms with E-state index in [1.54, 1.807) is 21.3 Å². The van der Waals surface area contributed by atoms with E-state index in [1.165, 1.54) is 0 Å². The fourth-order valence-corrected chi connectivity index (χ4v) is 4.39. The summed E-state index contributed by atoms with van der Waals surface area (Å²) in [7, 11) is 3.66. The Hall–Kier alpha value is -0.0500. The Bertz CT molecular complexity index is 429. The van der Waals surface area contributed by atoms with E-state index in [0.29, 0.717) is 79.3 Å². The zero-order valence-corrected chi connectivity index (χ0v) is 28.3. The van der Waals surface area contributed by atoms with Crippen molar-refractivity contribution in [3.8, 4) is 0 Å². The maximum Gasteiger partial charge on any atom is 0.332 e. The third kappa shape index (κ3) is 38.0. The molecule has 0 radical (unpaired) electrons. The number of methoxy groups -OCH3 is 3. The van der Waals surface area contributed by atoms with Crippen LogP contribution < -0.4 is 0 Å². The molecule has 0 aliphatic rings. The lowest BCUT2D eigenvalue weighted by atomic mass is 10.4. The highest BCUT2D eigenvalue weighted by atomic mass is 31.2. The molecule has 0 fully saturated rings. The van der Waals surface area contributed by atoms with Gasteiger partial charge in [0.25, 0.3) is 0 Å². The van der Waals surface area contributed by atoms with Crippen LogP contribution in [-0.2, 0) is 56.2 Å². The van der Waals surface area contributed by atoms with Crippen LogP contribution in [0.1, 0.15) is 57.8 Å². The quantitative estimate of drug-likeness (QED) is 0.0675. The molecule has 0 spiro atoms. The van der Waals surface area contributed by atoms with E-state index in [1.807, 2.05) is 0 Å². The maximum atomic E-state index is 5.90. The third-order valence-electron chi connectivity index (χ3n) is 5.53. The average molecular weight is 647 g/mol. The van der Waals surface area contributed by atoms with E-state index in [9.17, 15) is 0 Å². The fourth-order valence-electron chi connectivity index (χ4n) is 3.33. The Morgan fingerprint density at radius 2 is 0.442 bits per heavy atom. The second-order valence-electron chi connectivity index (χ2n) is 9.56. The Morgan fingerprint density at radius 3 is 0.651 bits per heavy atom. The predicted molar refractivity (Wildman–Crippen MR) is 167 cm³/mol. The Labute approximate surface area is 262 Å². The molecule has 0 saturated heterocycles. The van der Waals surface area contributed by atoms with Gasteiger partial charge in [0, 0.05) is 120 Å². The number of ether oxygens (including phenoxy) is 9. The van der Waals surface area contributed by atoms with E-state index in [0.717, 1.165) is 97.4 Å². The Kier molecular flexibility index (Phi) is 39.9. The van der Waals surface area contributed by atoms with Gasteiger partial charge in [0.2, 0.25) is 0 Å². The van der Waals surface area contributed by atoms with Gasteiger partial charge in [-0.1, -0.05) is 0 Å². The number of hydrogen-bond donors (Lipinski definition) is 0. The molecule has 0 saturated carbocycles. The second-order valence-corrected chi connectivity index (χ2v) is 10.8. The smallest absolute Gasteiger partial charge is 0.332 e. The van der Waals surface area contributed by atoms with E-state index < -0.39 is 8.60 Å². The highest BCUT2D eigenvalue weighted by Gasteiger charge is 2.12. The highest BCUT2D eigenvalue weighted by molar-refractivity contribution is 7.41. The van der Waals surface area contributed by atoms with Crippen molar-refractivity contribution >= 4 is 8.60 Å². The van der Waals surface area contributed by atoms with Gasteiger partial charge in [-0.2, -0.15) is 0 Å². The molecule has 0 rings (SSSR count). The van der Waals surface area contributed by atoms with Crippen molar-refractivity contribution in [2.75, 3.05) is 140 Å². The molecule has 0 amide bonds. The first-order valence-electron chi connectivity index (χ1n) is 16.0. The molecule has 0 heterocycles. The average Bonchev–Trinajstić information content (AvgIpc) is 3.02. The molecule has 0 N–H and O–H groups in total. The summed E-state index contributed by atoms with van der Waals surface area (Å²) < 4.78 is 66.3. The lowest BCUT2D eigenvalue weighted by Crippen LogP contribution is -2.08. The van der Waals surface area contributed by atoms with Crippen molar-refractivity contribution in [1.29, 1.82) is 0 Å². The van der Waals surface area contributed by atoms with Gasteiger partial charge in [0.05, 0.1) is 19.8 Å². The molecule has 0 aliphatic heterocycles. The molecule has 0 aromatic heterocycles. The summed E-state index contributed by atoms with van der Waals surface area (Å²) >= 11 is 0. The van der Waals surface area contributed by atoms with Crippen molar-refractivity contribution in [2.24, 2.45) is 0 Å². The first-order valence-corrected chi connectivity index (χ1v) is 17.1. The van der Waals surface area contributed by atoms with E-state index in [2.05, 4.69) is 0 Å². The molecule has 0 bridgehead atoms. The van der Waals surface area contributed by atoms with Crippen LogP contribution >= 0.6 is 8.60 Å². The molecule has 12 nitrogen and oxygen atoms in total. The molecule has 0 aliphatic carbocycles. The van der Waals surface area contributed by atoms with Crippen molar-refractivity contribution in [1.82, 2.24) is 0 Å². The van der Waals surface area contributed by atoms with Gasteiger partial charge in [-0.05, 0) is 57.8 Å². The van der Waals surface area contributed by atoms with Gasteiger partial charge in [-0.3, -0.25) is 0 Å². The van der Waals surface area contributed by atoms with E-state index in [-0.39, 0.29) is 0 Å². The summed E-state index contributed by atoms with van der Waals surface area (Å²) in [6.07, 6.45) is 7.68. The summed E-state index contributed by atoms with van der Waals surface area (Å²) in [6.45, 7) is 11.9. The van der Waals surface area contributed by atoms with Crippen LogP contribution in [0.15, 0.2) is 0 Å². The van der Waals surface area contributed by atoms with E-state index >= 15 is 0 Å². The van der Waals surface area contributed by atoms with Crippen LogP contribution in [0.25, 0.3) is 0 Å². The van der Waals surface area contributed by atoms with Crippen LogP contribution in [0.4, 0.5) is 0 Å². The molecule has 260 valence electrons. The monoisotopic (exact) mass is 646 g/mol. The summed E-state index contributed by atoms with van der Waals surface area (Å²) in [5.74, 6) is 0. The van der Waals surface area contributed by atoms with Crippen LogP contribution in [-0.4, -0.2) is 140 Å². The first kappa shape index (κ1) is 43.0. The zero-order valence-electron chi connectivity index (χ0n) is 27.4. The van der Waals surface area contributed by atoms with Gasteiger partial charge in [0.1, 0.15) is 0 Å². The molecule has 0 aromatic rings. The molecule has 13 heteroatoms. The highest BCUT2D eigenvalue weighted by Crippen LogP contribution is 2.39. The summed E-state index contributed by atoms with van der Waals surface area (Å²) in [5.41, 5.74) is 0. The topological polar surface area (TPSA) is 111 Å². The lowest BCUT2D eigenvalue weighted by Gasteiger charge is -2.17. The normalized spacial score (nSPS) is 11.7. The minimum absolute atomic E-state index is 0.515. The third-order valence-corrected chi connectivity index (χ3v) is 6.71. The van der Waals surface area contributed by atoms with Crippen molar-refractivity contribution < 1.29 is 56.2 Å². The second kappa shape index (κ2) is 40.0. The summed E-state index contributed by atoms with van der Waals surface area (Å²) in [5, 5.41) is 0. The van der Waals surface area contributed by atoms with Gasteiger partial charge < -0.3 is 56.2 Å². The SMILES string of the molecule is COCCCOCCCOCCCOP(OCCCOCCCOCCCOC)OCCCOCCCOCCCOC. The maximum absolute atomic E-state index is 5.90. The predicted octanol–water partition coefficient (Wildman–Crippen LogP) is 4.81.